The molecule has 0 bridgehead atoms. The Morgan fingerprint density at radius 2 is 1.79 bits per heavy atom. The maximum atomic E-state index is 4.61. The van der Waals surface area contributed by atoms with E-state index in [1.54, 1.807) is 0 Å². The van der Waals surface area contributed by atoms with E-state index >= 15 is 0 Å². The van der Waals surface area contributed by atoms with Crippen LogP contribution in [0.4, 0.5) is 5.95 Å². The highest BCUT2D eigenvalue weighted by Crippen LogP contribution is 2.21. The minimum absolute atomic E-state index is 0.837. The molecule has 0 amide bonds. The van der Waals surface area contributed by atoms with Gasteiger partial charge in [-0.1, -0.05) is 36.4 Å². The van der Waals surface area contributed by atoms with Crippen molar-refractivity contribution in [3.63, 3.8) is 0 Å². The van der Waals surface area contributed by atoms with Crippen LogP contribution < -0.4 is 5.32 Å². The lowest BCUT2D eigenvalue weighted by Gasteiger charge is -2.10. The predicted octanol–water partition coefficient (Wildman–Crippen LogP) is 3.43. The lowest BCUT2D eigenvalue weighted by molar-refractivity contribution is 0.826. The van der Waals surface area contributed by atoms with Gasteiger partial charge in [0.15, 0.2) is 0 Å². The molecule has 1 aromatic heterocycles. The van der Waals surface area contributed by atoms with Crippen molar-refractivity contribution in [2.45, 2.75) is 13.5 Å². The fourth-order valence-corrected chi connectivity index (χ4v) is 2.38. The zero-order valence-corrected chi connectivity index (χ0v) is 11.2. The number of aromatic nitrogens is 2. The number of anilines is 1. The van der Waals surface area contributed by atoms with E-state index < -0.39 is 0 Å². The molecule has 19 heavy (non-hydrogen) atoms. The quantitative estimate of drug-likeness (QED) is 0.773. The summed E-state index contributed by atoms with van der Waals surface area (Å²) in [5.41, 5.74) is 4.82. The molecule has 2 aromatic carbocycles. The van der Waals surface area contributed by atoms with Crippen molar-refractivity contribution >= 4 is 17.0 Å². The van der Waals surface area contributed by atoms with Crippen molar-refractivity contribution < 1.29 is 0 Å². The minimum atomic E-state index is 0.837. The predicted molar refractivity (Wildman–Crippen MR) is 79.6 cm³/mol. The molecule has 0 unspecified atom stereocenters. The number of imidazole rings is 1. The molecule has 0 atom stereocenters. The van der Waals surface area contributed by atoms with Crippen LogP contribution in [0, 0.1) is 6.92 Å². The van der Waals surface area contributed by atoms with Gasteiger partial charge in [-0.25, -0.2) is 4.98 Å². The standard InChI is InChI=1S/C16H17N3/c1-12-7-3-4-8-13(12)11-19-15-10-6-5-9-14(15)18-16(19)17-2/h3-10H,11H2,1-2H3,(H,17,18). The van der Waals surface area contributed by atoms with Crippen molar-refractivity contribution in [2.24, 2.45) is 0 Å². The zero-order valence-electron chi connectivity index (χ0n) is 11.2. The normalized spacial score (nSPS) is 10.8. The lowest BCUT2D eigenvalue weighted by atomic mass is 10.1. The SMILES string of the molecule is CNc1nc2ccccc2n1Cc1ccccc1C. The van der Waals surface area contributed by atoms with Gasteiger partial charge >= 0.3 is 0 Å². The Balaban J connectivity index is 2.12. The minimum Gasteiger partial charge on any atom is -0.359 e. The molecule has 96 valence electrons. The molecule has 0 aliphatic heterocycles. The third-order valence-corrected chi connectivity index (χ3v) is 3.47. The monoisotopic (exact) mass is 251 g/mol. The van der Waals surface area contributed by atoms with Crippen molar-refractivity contribution in [3.8, 4) is 0 Å². The molecule has 0 saturated carbocycles. The Hall–Kier alpha value is -2.29. The van der Waals surface area contributed by atoms with E-state index in [9.17, 15) is 0 Å². The molecule has 0 radical (unpaired) electrons. The van der Waals surface area contributed by atoms with Crippen molar-refractivity contribution in [3.05, 3.63) is 59.7 Å². The van der Waals surface area contributed by atoms with Crippen LogP contribution in [0.5, 0.6) is 0 Å². The molecule has 0 spiro atoms. The molecular weight excluding hydrogens is 234 g/mol. The van der Waals surface area contributed by atoms with Gasteiger partial charge in [0.1, 0.15) is 0 Å². The summed E-state index contributed by atoms with van der Waals surface area (Å²) in [6.45, 7) is 2.98. The molecular formula is C16H17N3. The highest BCUT2D eigenvalue weighted by molar-refractivity contribution is 5.78. The highest BCUT2D eigenvalue weighted by atomic mass is 15.2. The summed E-state index contributed by atoms with van der Waals surface area (Å²) in [4.78, 5) is 4.61. The first-order chi connectivity index (χ1) is 9.29. The second-order valence-electron chi connectivity index (χ2n) is 4.69. The summed E-state index contributed by atoms with van der Waals surface area (Å²) < 4.78 is 2.22. The third-order valence-electron chi connectivity index (χ3n) is 3.47. The van der Waals surface area contributed by atoms with Gasteiger partial charge in [0.05, 0.1) is 17.6 Å². The molecule has 0 aliphatic carbocycles. The Labute approximate surface area is 112 Å². The molecule has 3 nitrogen and oxygen atoms in total. The van der Waals surface area contributed by atoms with E-state index in [4.69, 9.17) is 0 Å². The van der Waals surface area contributed by atoms with Crippen LogP contribution in [0.15, 0.2) is 48.5 Å². The van der Waals surface area contributed by atoms with E-state index in [2.05, 4.69) is 58.2 Å². The summed E-state index contributed by atoms with van der Waals surface area (Å²) in [5.74, 6) is 0.907. The van der Waals surface area contributed by atoms with Crippen molar-refractivity contribution in [2.75, 3.05) is 12.4 Å². The lowest BCUT2D eigenvalue weighted by Crippen LogP contribution is -2.05. The van der Waals surface area contributed by atoms with E-state index in [-0.39, 0.29) is 0 Å². The molecule has 0 aliphatic rings. The zero-order chi connectivity index (χ0) is 13.2. The summed E-state index contributed by atoms with van der Waals surface area (Å²) in [5, 5.41) is 3.18. The van der Waals surface area contributed by atoms with Crippen LogP contribution in [0.25, 0.3) is 11.0 Å². The van der Waals surface area contributed by atoms with Crippen molar-refractivity contribution in [1.29, 1.82) is 0 Å². The average Bonchev–Trinajstić information content (AvgIpc) is 2.79. The van der Waals surface area contributed by atoms with E-state index in [0.29, 0.717) is 0 Å². The molecule has 0 fully saturated rings. The maximum absolute atomic E-state index is 4.61. The fourth-order valence-electron chi connectivity index (χ4n) is 2.38. The van der Waals surface area contributed by atoms with Crippen molar-refractivity contribution in [1.82, 2.24) is 9.55 Å². The number of hydrogen-bond donors (Lipinski definition) is 1. The Bertz CT molecular complexity index is 713. The largest absolute Gasteiger partial charge is 0.359 e. The van der Waals surface area contributed by atoms with Gasteiger partial charge in [0, 0.05) is 7.05 Å². The first-order valence-electron chi connectivity index (χ1n) is 6.47. The summed E-state index contributed by atoms with van der Waals surface area (Å²) in [7, 11) is 1.91. The Morgan fingerprint density at radius 3 is 2.58 bits per heavy atom. The molecule has 1 heterocycles. The van der Waals surface area contributed by atoms with Crippen LogP contribution in [0.1, 0.15) is 11.1 Å². The van der Waals surface area contributed by atoms with Gasteiger partial charge in [0.25, 0.3) is 0 Å². The van der Waals surface area contributed by atoms with Gasteiger partial charge in [-0.2, -0.15) is 0 Å². The first kappa shape index (κ1) is 11.8. The number of benzene rings is 2. The number of para-hydroxylation sites is 2. The number of nitrogens with zero attached hydrogens (tertiary/aromatic N) is 2. The van der Waals surface area contributed by atoms with Crippen LogP contribution in [-0.2, 0) is 6.54 Å². The number of aryl methyl sites for hydroxylation is 1. The third kappa shape index (κ3) is 2.08. The number of nitrogens with one attached hydrogen (secondary N) is 1. The Kier molecular flexibility index (Phi) is 2.95. The number of rotatable bonds is 3. The second-order valence-corrected chi connectivity index (χ2v) is 4.69. The van der Waals surface area contributed by atoms with Crippen LogP contribution in [-0.4, -0.2) is 16.6 Å². The molecule has 3 aromatic rings. The highest BCUT2D eigenvalue weighted by Gasteiger charge is 2.09. The van der Waals surface area contributed by atoms with Crippen LogP contribution in [0.3, 0.4) is 0 Å². The summed E-state index contributed by atoms with van der Waals surface area (Å²) in [6, 6.07) is 16.7. The first-order valence-corrected chi connectivity index (χ1v) is 6.47. The topological polar surface area (TPSA) is 29.9 Å². The summed E-state index contributed by atoms with van der Waals surface area (Å²) in [6.07, 6.45) is 0. The average molecular weight is 251 g/mol. The van der Waals surface area contributed by atoms with E-state index in [1.807, 2.05) is 19.2 Å². The maximum Gasteiger partial charge on any atom is 0.203 e. The second kappa shape index (κ2) is 4.76. The number of hydrogen-bond acceptors (Lipinski definition) is 2. The molecule has 3 rings (SSSR count). The Morgan fingerprint density at radius 1 is 1.05 bits per heavy atom. The molecule has 0 saturated heterocycles. The van der Waals surface area contributed by atoms with Gasteiger partial charge in [-0.15, -0.1) is 0 Å². The van der Waals surface area contributed by atoms with Crippen LogP contribution >= 0.6 is 0 Å². The van der Waals surface area contributed by atoms with E-state index in [1.165, 1.54) is 11.1 Å². The van der Waals surface area contributed by atoms with Gasteiger partial charge in [0.2, 0.25) is 5.95 Å². The van der Waals surface area contributed by atoms with Crippen LogP contribution in [0.2, 0.25) is 0 Å². The molecule has 1 N–H and O–H groups in total. The van der Waals surface area contributed by atoms with Gasteiger partial charge in [-0.3, -0.25) is 0 Å². The van der Waals surface area contributed by atoms with E-state index in [0.717, 1.165) is 23.5 Å². The fraction of sp³-hybridized carbons (Fsp3) is 0.188. The summed E-state index contributed by atoms with van der Waals surface area (Å²) >= 11 is 0. The van der Waals surface area contributed by atoms with Gasteiger partial charge < -0.3 is 9.88 Å². The number of fused-ring (bicyclic) bond motifs is 1. The smallest absolute Gasteiger partial charge is 0.203 e. The molecule has 3 heteroatoms. The van der Waals surface area contributed by atoms with Gasteiger partial charge in [-0.05, 0) is 30.2 Å².